The van der Waals surface area contributed by atoms with Crippen LogP contribution in [0, 0.1) is 20.8 Å². The number of hydrogen-bond acceptors (Lipinski definition) is 6. The predicted octanol–water partition coefficient (Wildman–Crippen LogP) is 4.54. The zero-order valence-corrected chi connectivity index (χ0v) is 20.0. The Labute approximate surface area is 187 Å². The summed E-state index contributed by atoms with van der Waals surface area (Å²) >= 11 is 1.52. The van der Waals surface area contributed by atoms with E-state index in [0.29, 0.717) is 36.1 Å². The second-order valence-electron chi connectivity index (χ2n) is 7.23. The Balaban J connectivity index is 1.84. The molecule has 9 heteroatoms. The molecule has 2 aromatic heterocycles. The number of rotatable bonds is 8. The van der Waals surface area contributed by atoms with Gasteiger partial charge in [-0.05, 0) is 55.5 Å². The van der Waals surface area contributed by atoms with E-state index in [-0.39, 0.29) is 17.2 Å². The molecule has 1 N–H and O–H groups in total. The van der Waals surface area contributed by atoms with Gasteiger partial charge in [0, 0.05) is 18.8 Å². The van der Waals surface area contributed by atoms with Crippen LogP contribution < -0.4 is 5.32 Å². The van der Waals surface area contributed by atoms with Crippen molar-refractivity contribution in [3.05, 3.63) is 52.2 Å². The average molecular weight is 462 g/mol. The summed E-state index contributed by atoms with van der Waals surface area (Å²) in [5, 5.41) is 4.79. The summed E-state index contributed by atoms with van der Waals surface area (Å²) < 4.78 is 33.0. The van der Waals surface area contributed by atoms with Crippen LogP contribution in [0.25, 0.3) is 10.8 Å². The number of nitrogens with zero attached hydrogens (tertiary/aromatic N) is 2. The second kappa shape index (κ2) is 9.33. The van der Waals surface area contributed by atoms with Crippen LogP contribution in [-0.2, 0) is 21.2 Å². The first-order valence-electron chi connectivity index (χ1n) is 10.1. The molecule has 0 bridgehead atoms. The molecule has 0 spiro atoms. The summed E-state index contributed by atoms with van der Waals surface area (Å²) in [6.45, 7) is 9.83. The van der Waals surface area contributed by atoms with Crippen LogP contribution in [0.3, 0.4) is 0 Å². The van der Waals surface area contributed by atoms with Crippen molar-refractivity contribution >= 4 is 33.0 Å². The second-order valence-corrected chi connectivity index (χ2v) is 10.1. The van der Waals surface area contributed by atoms with Gasteiger partial charge in [-0.1, -0.05) is 19.9 Å². The highest BCUT2D eigenvalue weighted by Crippen LogP contribution is 2.28. The fourth-order valence-electron chi connectivity index (χ4n) is 3.26. The number of oxazole rings is 1. The number of hydrogen-bond donors (Lipinski definition) is 1. The zero-order chi connectivity index (χ0) is 22.8. The van der Waals surface area contributed by atoms with Crippen molar-refractivity contribution in [3.63, 3.8) is 0 Å². The molecule has 0 radical (unpaired) electrons. The molecule has 0 saturated heterocycles. The molecule has 0 aliphatic carbocycles. The highest BCUT2D eigenvalue weighted by molar-refractivity contribution is 7.89. The van der Waals surface area contributed by atoms with E-state index in [2.05, 4.69) is 10.3 Å². The monoisotopic (exact) mass is 461 g/mol. The number of sulfonamides is 1. The maximum absolute atomic E-state index is 12.9. The number of amides is 1. The Morgan fingerprint density at radius 2 is 1.90 bits per heavy atom. The predicted molar refractivity (Wildman–Crippen MR) is 123 cm³/mol. The SMILES string of the molecule is CCN(CC)S(=O)(=O)c1cc(C)c(C)c(NC(=O)Cc2nc(-c3cccs3)oc2C)c1. The molecule has 0 fully saturated rings. The van der Waals surface area contributed by atoms with Gasteiger partial charge in [0.2, 0.25) is 21.8 Å². The highest BCUT2D eigenvalue weighted by atomic mass is 32.2. The molecule has 0 saturated carbocycles. The lowest BCUT2D eigenvalue weighted by molar-refractivity contribution is -0.115. The van der Waals surface area contributed by atoms with E-state index in [1.165, 1.54) is 21.7 Å². The van der Waals surface area contributed by atoms with E-state index < -0.39 is 10.0 Å². The third kappa shape index (κ3) is 4.89. The Hall–Kier alpha value is -2.49. The Bertz CT molecular complexity index is 1180. The van der Waals surface area contributed by atoms with Crippen molar-refractivity contribution in [1.82, 2.24) is 9.29 Å². The minimum atomic E-state index is -3.63. The molecule has 7 nitrogen and oxygen atoms in total. The van der Waals surface area contributed by atoms with Crippen molar-refractivity contribution < 1.29 is 17.6 Å². The van der Waals surface area contributed by atoms with E-state index in [0.717, 1.165) is 16.0 Å². The minimum Gasteiger partial charge on any atom is -0.440 e. The van der Waals surface area contributed by atoms with Crippen molar-refractivity contribution in [2.45, 2.75) is 45.9 Å². The average Bonchev–Trinajstić information content (AvgIpc) is 3.36. The molecule has 3 rings (SSSR count). The fourth-order valence-corrected chi connectivity index (χ4v) is 5.48. The lowest BCUT2D eigenvalue weighted by atomic mass is 10.1. The van der Waals surface area contributed by atoms with Crippen LogP contribution in [0.4, 0.5) is 5.69 Å². The van der Waals surface area contributed by atoms with Crippen molar-refractivity contribution in [2.24, 2.45) is 0 Å². The standard InChI is InChI=1S/C22H27N3O4S2/c1-6-25(7-2)31(27,28)17-11-14(3)15(4)18(12-17)23-21(26)13-19-16(5)29-22(24-19)20-9-8-10-30-20/h8-12H,6-7,13H2,1-5H3,(H,23,26). The van der Waals surface area contributed by atoms with Gasteiger partial charge < -0.3 is 9.73 Å². The van der Waals surface area contributed by atoms with Gasteiger partial charge in [-0.15, -0.1) is 11.3 Å². The summed E-state index contributed by atoms with van der Waals surface area (Å²) in [7, 11) is -3.63. The molecular formula is C22H27N3O4S2. The van der Waals surface area contributed by atoms with Crippen LogP contribution in [0.15, 0.2) is 39.0 Å². The molecule has 31 heavy (non-hydrogen) atoms. The molecule has 0 aliphatic heterocycles. The number of benzene rings is 1. The van der Waals surface area contributed by atoms with Gasteiger partial charge in [-0.2, -0.15) is 4.31 Å². The molecular weight excluding hydrogens is 434 g/mol. The summed E-state index contributed by atoms with van der Waals surface area (Å²) in [6.07, 6.45) is 0.0339. The van der Waals surface area contributed by atoms with Crippen LogP contribution in [0.5, 0.6) is 0 Å². The van der Waals surface area contributed by atoms with Crippen molar-refractivity contribution in [3.8, 4) is 10.8 Å². The molecule has 0 aliphatic rings. The van der Waals surface area contributed by atoms with Gasteiger partial charge in [0.15, 0.2) is 0 Å². The Morgan fingerprint density at radius 3 is 2.52 bits per heavy atom. The smallest absolute Gasteiger partial charge is 0.243 e. The summed E-state index contributed by atoms with van der Waals surface area (Å²) in [4.78, 5) is 18.3. The van der Waals surface area contributed by atoms with Gasteiger partial charge >= 0.3 is 0 Å². The number of nitrogens with one attached hydrogen (secondary N) is 1. The maximum Gasteiger partial charge on any atom is 0.243 e. The van der Waals surface area contributed by atoms with Crippen LogP contribution in [0.1, 0.15) is 36.4 Å². The first-order chi connectivity index (χ1) is 14.7. The van der Waals surface area contributed by atoms with E-state index in [4.69, 9.17) is 4.42 Å². The molecule has 0 unspecified atom stereocenters. The fraction of sp³-hybridized carbons (Fsp3) is 0.364. The summed E-state index contributed by atoms with van der Waals surface area (Å²) in [5.74, 6) is 0.799. The summed E-state index contributed by atoms with van der Waals surface area (Å²) in [5.41, 5.74) is 2.65. The third-order valence-corrected chi connectivity index (χ3v) is 8.10. The third-order valence-electron chi connectivity index (χ3n) is 5.21. The lowest BCUT2D eigenvalue weighted by Gasteiger charge is -2.20. The molecule has 0 atom stereocenters. The first-order valence-corrected chi connectivity index (χ1v) is 12.4. The number of anilines is 1. The quantitative estimate of drug-likeness (QED) is 0.532. The van der Waals surface area contributed by atoms with Crippen LogP contribution in [-0.4, -0.2) is 36.7 Å². The first kappa shape index (κ1) is 23.2. The minimum absolute atomic E-state index is 0.0339. The Morgan fingerprint density at radius 1 is 1.19 bits per heavy atom. The molecule has 3 aromatic rings. The Kier molecular flexibility index (Phi) is 6.98. The van der Waals surface area contributed by atoms with Crippen molar-refractivity contribution in [1.29, 1.82) is 0 Å². The molecule has 1 amide bonds. The zero-order valence-electron chi connectivity index (χ0n) is 18.4. The van der Waals surface area contributed by atoms with Crippen LogP contribution in [0.2, 0.25) is 0 Å². The van der Waals surface area contributed by atoms with Gasteiger partial charge in [0.1, 0.15) is 5.76 Å². The normalized spacial score (nSPS) is 11.8. The molecule has 1 aromatic carbocycles. The molecule has 166 valence electrons. The van der Waals surface area contributed by atoms with E-state index in [1.807, 2.05) is 31.4 Å². The molecule has 2 heterocycles. The lowest BCUT2D eigenvalue weighted by Crippen LogP contribution is -2.30. The van der Waals surface area contributed by atoms with Gasteiger partial charge in [0.05, 0.1) is 21.9 Å². The largest absolute Gasteiger partial charge is 0.440 e. The maximum atomic E-state index is 12.9. The summed E-state index contributed by atoms with van der Waals surface area (Å²) in [6, 6.07) is 7.00. The van der Waals surface area contributed by atoms with Gasteiger partial charge in [-0.3, -0.25) is 4.79 Å². The topological polar surface area (TPSA) is 92.5 Å². The number of thiophene rings is 1. The highest BCUT2D eigenvalue weighted by Gasteiger charge is 2.24. The van der Waals surface area contributed by atoms with Crippen molar-refractivity contribution in [2.75, 3.05) is 18.4 Å². The number of aryl methyl sites for hydroxylation is 2. The van der Waals surface area contributed by atoms with E-state index in [1.54, 1.807) is 26.8 Å². The van der Waals surface area contributed by atoms with E-state index >= 15 is 0 Å². The van der Waals surface area contributed by atoms with Crippen LogP contribution >= 0.6 is 11.3 Å². The number of aromatic nitrogens is 1. The number of carbonyl (C=O) groups excluding carboxylic acids is 1. The number of carbonyl (C=O) groups is 1. The van der Waals surface area contributed by atoms with Gasteiger partial charge in [-0.25, -0.2) is 13.4 Å². The van der Waals surface area contributed by atoms with Gasteiger partial charge in [0.25, 0.3) is 0 Å². The van der Waals surface area contributed by atoms with E-state index in [9.17, 15) is 13.2 Å².